The molecule has 36 heavy (non-hydrogen) atoms. The molecule has 0 radical (unpaired) electrons. The standard InChI is InChI=1S/C26H38FN5O3S/c1-3-32(4-2)36(33,34)30-25-14-16-31(26-9-6-15-28-29-26)18-22(25)19-35-24-12-10-20(11-13-24)21-7-5-8-23(27)17-21/h5-9,15,17,20,22,24-25,30H,3-4,10-14,16,18-19H2,1-2H3/t20-,22-,24+,25-/m0/s1. The first kappa shape index (κ1) is 26.9. The van der Waals surface area contributed by atoms with Gasteiger partial charge < -0.3 is 9.64 Å². The average Bonchev–Trinajstić information content (AvgIpc) is 2.89. The molecule has 0 spiro atoms. The minimum Gasteiger partial charge on any atom is -0.378 e. The van der Waals surface area contributed by atoms with Gasteiger partial charge in [0.1, 0.15) is 5.82 Å². The highest BCUT2D eigenvalue weighted by atomic mass is 32.2. The van der Waals surface area contributed by atoms with Crippen LogP contribution in [-0.2, 0) is 14.9 Å². The van der Waals surface area contributed by atoms with Crippen molar-refractivity contribution in [3.05, 3.63) is 54.0 Å². The molecule has 2 fully saturated rings. The van der Waals surface area contributed by atoms with Crippen LogP contribution in [0.3, 0.4) is 0 Å². The number of hydrogen-bond acceptors (Lipinski definition) is 6. The summed E-state index contributed by atoms with van der Waals surface area (Å²) in [5.74, 6) is 0.945. The Bertz CT molecular complexity index is 1060. The van der Waals surface area contributed by atoms with E-state index in [-0.39, 0.29) is 23.9 Å². The average molecular weight is 520 g/mol. The van der Waals surface area contributed by atoms with E-state index in [9.17, 15) is 12.8 Å². The van der Waals surface area contributed by atoms with Crippen LogP contribution in [0.5, 0.6) is 0 Å². The normalized spacial score (nSPS) is 25.3. The summed E-state index contributed by atoms with van der Waals surface area (Å²) in [5.41, 5.74) is 1.06. The van der Waals surface area contributed by atoms with Gasteiger partial charge in [-0.05, 0) is 67.9 Å². The molecule has 0 bridgehead atoms. The van der Waals surface area contributed by atoms with Crippen molar-refractivity contribution < 1.29 is 17.5 Å². The highest BCUT2D eigenvalue weighted by molar-refractivity contribution is 7.87. The van der Waals surface area contributed by atoms with Crippen LogP contribution in [0.25, 0.3) is 0 Å². The second-order valence-corrected chi connectivity index (χ2v) is 11.5. The van der Waals surface area contributed by atoms with Gasteiger partial charge in [0.15, 0.2) is 5.82 Å². The Kier molecular flexibility index (Phi) is 9.27. The smallest absolute Gasteiger partial charge is 0.279 e. The van der Waals surface area contributed by atoms with Gasteiger partial charge in [0.2, 0.25) is 0 Å². The van der Waals surface area contributed by atoms with E-state index in [2.05, 4.69) is 19.8 Å². The maximum atomic E-state index is 13.6. The van der Waals surface area contributed by atoms with Gasteiger partial charge >= 0.3 is 0 Å². The first-order valence-corrected chi connectivity index (χ1v) is 14.5. The summed E-state index contributed by atoms with van der Waals surface area (Å²) >= 11 is 0. The fourth-order valence-electron chi connectivity index (χ4n) is 5.44. The number of ether oxygens (including phenoxy) is 1. The lowest BCUT2D eigenvalue weighted by Gasteiger charge is -2.40. The Balaban J connectivity index is 1.39. The molecule has 1 saturated heterocycles. The third-order valence-corrected chi connectivity index (χ3v) is 9.30. The van der Waals surface area contributed by atoms with Gasteiger partial charge in [-0.3, -0.25) is 0 Å². The minimum atomic E-state index is -3.57. The van der Waals surface area contributed by atoms with E-state index in [0.29, 0.717) is 45.1 Å². The lowest BCUT2D eigenvalue weighted by atomic mass is 9.82. The molecule has 0 amide bonds. The molecular formula is C26H38FN5O3S. The Morgan fingerprint density at radius 3 is 2.56 bits per heavy atom. The number of nitrogens with one attached hydrogen (secondary N) is 1. The molecule has 1 aromatic heterocycles. The predicted octanol–water partition coefficient (Wildman–Crippen LogP) is 3.73. The van der Waals surface area contributed by atoms with Crippen LogP contribution in [0.2, 0.25) is 0 Å². The first-order valence-electron chi connectivity index (χ1n) is 13.1. The van der Waals surface area contributed by atoms with Crippen molar-refractivity contribution in [2.24, 2.45) is 5.92 Å². The van der Waals surface area contributed by atoms with Crippen LogP contribution in [0.15, 0.2) is 42.6 Å². The molecular weight excluding hydrogens is 481 g/mol. The lowest BCUT2D eigenvalue weighted by Crippen LogP contribution is -2.55. The number of halogens is 1. The molecule has 4 rings (SSSR count). The Labute approximate surface area is 214 Å². The zero-order valence-corrected chi connectivity index (χ0v) is 22.0. The first-order chi connectivity index (χ1) is 17.4. The number of nitrogens with zero attached hydrogens (tertiary/aromatic N) is 4. The van der Waals surface area contributed by atoms with E-state index in [4.69, 9.17) is 4.74 Å². The van der Waals surface area contributed by atoms with E-state index in [1.165, 1.54) is 10.4 Å². The van der Waals surface area contributed by atoms with Gasteiger partial charge in [0.25, 0.3) is 10.2 Å². The maximum absolute atomic E-state index is 13.6. The molecule has 1 N–H and O–H groups in total. The van der Waals surface area contributed by atoms with Crippen LogP contribution >= 0.6 is 0 Å². The molecule has 198 valence electrons. The van der Waals surface area contributed by atoms with Crippen LogP contribution in [0.1, 0.15) is 57.4 Å². The third-order valence-electron chi connectivity index (χ3n) is 7.50. The quantitative estimate of drug-likeness (QED) is 0.515. The summed E-state index contributed by atoms with van der Waals surface area (Å²) in [4.78, 5) is 2.16. The third kappa shape index (κ3) is 6.79. The zero-order valence-electron chi connectivity index (χ0n) is 21.2. The summed E-state index contributed by atoms with van der Waals surface area (Å²) in [7, 11) is -3.57. The van der Waals surface area contributed by atoms with Crippen molar-refractivity contribution in [3.8, 4) is 0 Å². The minimum absolute atomic E-state index is 0.0213. The Hall–Kier alpha value is -2.14. The van der Waals surface area contributed by atoms with Gasteiger partial charge in [0, 0.05) is 44.3 Å². The SMILES string of the molecule is CCN(CC)S(=O)(=O)N[C@H]1CCN(c2cccnn2)C[C@H]1CO[C@H]1CC[C@@H](c2cccc(F)c2)CC1. The molecule has 8 nitrogen and oxygen atoms in total. The van der Waals surface area contributed by atoms with Crippen molar-refractivity contribution >= 4 is 16.0 Å². The second kappa shape index (κ2) is 12.4. The molecule has 2 aromatic rings. The highest BCUT2D eigenvalue weighted by Crippen LogP contribution is 2.35. The summed E-state index contributed by atoms with van der Waals surface area (Å²) < 4.78 is 50.4. The molecule has 2 aliphatic rings. The summed E-state index contributed by atoms with van der Waals surface area (Å²) in [6.45, 7) is 6.36. The molecule has 2 atom stereocenters. The van der Waals surface area contributed by atoms with Crippen molar-refractivity contribution in [1.29, 1.82) is 0 Å². The molecule has 1 aromatic carbocycles. The van der Waals surface area contributed by atoms with Gasteiger partial charge in [-0.1, -0.05) is 26.0 Å². The van der Waals surface area contributed by atoms with E-state index in [0.717, 1.165) is 37.1 Å². The number of anilines is 1. The largest absolute Gasteiger partial charge is 0.378 e. The van der Waals surface area contributed by atoms with Crippen molar-refractivity contribution in [2.45, 2.75) is 64.0 Å². The number of rotatable bonds is 10. The summed E-state index contributed by atoms with van der Waals surface area (Å²) in [5, 5.41) is 8.25. The summed E-state index contributed by atoms with van der Waals surface area (Å²) in [6, 6.07) is 10.5. The lowest BCUT2D eigenvalue weighted by molar-refractivity contribution is -0.00226. The van der Waals surface area contributed by atoms with E-state index >= 15 is 0 Å². The fraction of sp³-hybridized carbons (Fsp3) is 0.615. The number of aromatic nitrogens is 2. The van der Waals surface area contributed by atoms with E-state index < -0.39 is 10.2 Å². The number of benzene rings is 1. The van der Waals surface area contributed by atoms with E-state index in [1.807, 2.05) is 32.0 Å². The topological polar surface area (TPSA) is 87.7 Å². The van der Waals surface area contributed by atoms with Gasteiger partial charge in [-0.25, -0.2) is 4.39 Å². The van der Waals surface area contributed by atoms with Gasteiger partial charge in [0.05, 0.1) is 12.7 Å². The van der Waals surface area contributed by atoms with Crippen molar-refractivity contribution in [2.75, 3.05) is 37.7 Å². The van der Waals surface area contributed by atoms with E-state index in [1.54, 1.807) is 18.3 Å². The highest BCUT2D eigenvalue weighted by Gasteiger charge is 2.35. The molecule has 1 aliphatic heterocycles. The van der Waals surface area contributed by atoms with Gasteiger partial charge in [-0.15, -0.1) is 5.10 Å². The zero-order chi connectivity index (χ0) is 25.5. The van der Waals surface area contributed by atoms with Crippen LogP contribution in [0.4, 0.5) is 10.2 Å². The molecule has 2 heterocycles. The number of piperidine rings is 1. The predicted molar refractivity (Wildman–Crippen MR) is 138 cm³/mol. The summed E-state index contributed by atoms with van der Waals surface area (Å²) in [6.07, 6.45) is 6.19. The fourth-order valence-corrected chi connectivity index (χ4v) is 6.96. The monoisotopic (exact) mass is 519 g/mol. The van der Waals surface area contributed by atoms with Crippen LogP contribution in [0, 0.1) is 11.7 Å². The molecule has 0 unspecified atom stereocenters. The van der Waals surface area contributed by atoms with Crippen LogP contribution in [-0.4, -0.2) is 67.9 Å². The maximum Gasteiger partial charge on any atom is 0.279 e. The molecule has 10 heteroatoms. The Morgan fingerprint density at radius 2 is 1.89 bits per heavy atom. The second-order valence-electron chi connectivity index (χ2n) is 9.75. The van der Waals surface area contributed by atoms with Crippen molar-refractivity contribution in [1.82, 2.24) is 19.2 Å². The molecule has 1 aliphatic carbocycles. The number of hydrogen-bond donors (Lipinski definition) is 1. The molecule has 1 saturated carbocycles. The Morgan fingerprint density at radius 1 is 1.11 bits per heavy atom. The van der Waals surface area contributed by atoms with Crippen LogP contribution < -0.4 is 9.62 Å². The van der Waals surface area contributed by atoms with Gasteiger partial charge in [-0.2, -0.15) is 22.5 Å². The van der Waals surface area contributed by atoms with Crippen molar-refractivity contribution in [3.63, 3.8) is 0 Å².